The smallest absolute Gasteiger partial charge is 0.320 e. The summed E-state index contributed by atoms with van der Waals surface area (Å²) >= 11 is 0. The van der Waals surface area contributed by atoms with E-state index < -0.39 is 0 Å². The maximum atomic E-state index is 12.2. The first-order chi connectivity index (χ1) is 7.68. The Labute approximate surface area is 98.0 Å². The number of rotatable bonds is 3. The zero-order valence-corrected chi connectivity index (χ0v) is 10.4. The lowest BCUT2D eigenvalue weighted by molar-refractivity contribution is 0.164. The third kappa shape index (κ3) is 2.48. The average Bonchev–Trinajstić information content (AvgIpc) is 2.61. The molecule has 92 valence electrons. The molecule has 1 N–H and O–H groups in total. The minimum absolute atomic E-state index is 0.252. The summed E-state index contributed by atoms with van der Waals surface area (Å²) in [5, 5.41) is 3.38. The molecule has 0 bridgehead atoms. The number of hydrogen-bond donors (Lipinski definition) is 1. The number of carbonyl (C=O) groups excluding carboxylic acids is 1. The van der Waals surface area contributed by atoms with E-state index in [1.165, 1.54) is 6.42 Å². The Hall–Kier alpha value is -0.770. The van der Waals surface area contributed by atoms with E-state index in [2.05, 4.69) is 24.1 Å². The van der Waals surface area contributed by atoms with Crippen LogP contribution in [0.25, 0.3) is 0 Å². The lowest BCUT2D eigenvalue weighted by Crippen LogP contribution is -2.47. The monoisotopic (exact) mass is 225 g/mol. The molecule has 16 heavy (non-hydrogen) atoms. The molecule has 1 atom stereocenters. The Morgan fingerprint density at radius 3 is 2.88 bits per heavy atom. The molecule has 2 rings (SSSR count). The van der Waals surface area contributed by atoms with Gasteiger partial charge in [0.15, 0.2) is 0 Å². The molecule has 0 radical (unpaired) electrons. The summed E-state index contributed by atoms with van der Waals surface area (Å²) < 4.78 is 0. The molecular weight excluding hydrogens is 202 g/mol. The molecular formula is C12H23N3O. The van der Waals surface area contributed by atoms with Crippen LogP contribution in [-0.4, -0.2) is 54.6 Å². The number of amides is 2. The highest BCUT2D eigenvalue weighted by molar-refractivity contribution is 5.77. The van der Waals surface area contributed by atoms with Crippen LogP contribution in [0.5, 0.6) is 0 Å². The summed E-state index contributed by atoms with van der Waals surface area (Å²) in [5.41, 5.74) is 0. The van der Waals surface area contributed by atoms with Crippen LogP contribution >= 0.6 is 0 Å². The van der Waals surface area contributed by atoms with Gasteiger partial charge >= 0.3 is 6.03 Å². The molecule has 2 aliphatic rings. The van der Waals surface area contributed by atoms with Crippen LogP contribution in [0.3, 0.4) is 0 Å². The highest BCUT2D eigenvalue weighted by Gasteiger charge is 2.33. The summed E-state index contributed by atoms with van der Waals surface area (Å²) in [6.07, 6.45) is 2.35. The van der Waals surface area contributed by atoms with Crippen molar-refractivity contribution in [2.24, 2.45) is 5.92 Å². The van der Waals surface area contributed by atoms with Crippen molar-refractivity contribution in [1.82, 2.24) is 15.1 Å². The van der Waals surface area contributed by atoms with E-state index in [0.29, 0.717) is 12.0 Å². The van der Waals surface area contributed by atoms with Crippen molar-refractivity contribution in [2.75, 3.05) is 32.7 Å². The third-order valence-corrected chi connectivity index (χ3v) is 3.42. The first-order valence-electron chi connectivity index (χ1n) is 6.44. The summed E-state index contributed by atoms with van der Waals surface area (Å²) in [6, 6.07) is 0.681. The second-order valence-electron chi connectivity index (χ2n) is 5.32. The topological polar surface area (TPSA) is 35.6 Å². The zero-order chi connectivity index (χ0) is 11.5. The standard InChI is InChI=1S/C12H23N3O/c1-10(2)9-14-6-7-15(12(14)16)11-4-3-5-13-8-11/h10-11,13H,3-9H2,1-2H3. The van der Waals surface area contributed by atoms with Gasteiger partial charge in [0, 0.05) is 32.2 Å². The van der Waals surface area contributed by atoms with Crippen LogP contribution in [0.1, 0.15) is 26.7 Å². The predicted octanol–water partition coefficient (Wildman–Crippen LogP) is 1.13. The van der Waals surface area contributed by atoms with Gasteiger partial charge in [-0.05, 0) is 25.3 Å². The minimum atomic E-state index is 0.252. The highest BCUT2D eigenvalue weighted by atomic mass is 16.2. The minimum Gasteiger partial charge on any atom is -0.323 e. The molecule has 0 aromatic heterocycles. The van der Waals surface area contributed by atoms with Gasteiger partial charge < -0.3 is 15.1 Å². The van der Waals surface area contributed by atoms with Crippen LogP contribution in [0.15, 0.2) is 0 Å². The van der Waals surface area contributed by atoms with Crippen molar-refractivity contribution >= 4 is 6.03 Å². The fourth-order valence-corrected chi connectivity index (χ4v) is 2.65. The van der Waals surface area contributed by atoms with Crippen molar-refractivity contribution in [2.45, 2.75) is 32.7 Å². The van der Waals surface area contributed by atoms with Gasteiger partial charge in [0.25, 0.3) is 0 Å². The van der Waals surface area contributed by atoms with Gasteiger partial charge in [-0.3, -0.25) is 0 Å². The summed E-state index contributed by atoms with van der Waals surface area (Å²) in [7, 11) is 0. The first-order valence-corrected chi connectivity index (χ1v) is 6.44. The molecule has 0 saturated carbocycles. The van der Waals surface area contributed by atoms with Gasteiger partial charge in [-0.25, -0.2) is 4.79 Å². The van der Waals surface area contributed by atoms with Crippen molar-refractivity contribution < 1.29 is 4.79 Å². The number of nitrogens with zero attached hydrogens (tertiary/aromatic N) is 2. The van der Waals surface area contributed by atoms with E-state index in [1.54, 1.807) is 0 Å². The molecule has 4 nitrogen and oxygen atoms in total. The van der Waals surface area contributed by atoms with Crippen LogP contribution < -0.4 is 5.32 Å². The van der Waals surface area contributed by atoms with Gasteiger partial charge in [0.05, 0.1) is 0 Å². The molecule has 2 heterocycles. The number of hydrogen-bond acceptors (Lipinski definition) is 2. The van der Waals surface area contributed by atoms with E-state index in [1.807, 2.05) is 4.90 Å². The third-order valence-electron chi connectivity index (χ3n) is 3.42. The molecule has 0 spiro atoms. The Morgan fingerprint density at radius 2 is 2.25 bits per heavy atom. The zero-order valence-electron chi connectivity index (χ0n) is 10.4. The average molecular weight is 225 g/mol. The lowest BCUT2D eigenvalue weighted by Gasteiger charge is -2.31. The summed E-state index contributed by atoms with van der Waals surface area (Å²) in [4.78, 5) is 16.2. The Kier molecular flexibility index (Phi) is 3.69. The molecule has 2 fully saturated rings. The van der Waals surface area contributed by atoms with Crippen molar-refractivity contribution in [3.8, 4) is 0 Å². The van der Waals surface area contributed by atoms with Crippen molar-refractivity contribution in [1.29, 1.82) is 0 Å². The van der Waals surface area contributed by atoms with Crippen LogP contribution in [0, 0.1) is 5.92 Å². The van der Waals surface area contributed by atoms with Crippen LogP contribution in [0.4, 0.5) is 4.79 Å². The van der Waals surface area contributed by atoms with Gasteiger partial charge in [-0.15, -0.1) is 0 Å². The molecule has 1 unspecified atom stereocenters. The Balaban J connectivity index is 1.90. The van der Waals surface area contributed by atoms with Crippen LogP contribution in [-0.2, 0) is 0 Å². The fourth-order valence-electron chi connectivity index (χ4n) is 2.65. The second-order valence-corrected chi connectivity index (χ2v) is 5.32. The summed E-state index contributed by atoms with van der Waals surface area (Å²) in [5.74, 6) is 0.563. The molecule has 2 saturated heterocycles. The molecule has 4 heteroatoms. The number of piperidine rings is 1. The second kappa shape index (κ2) is 5.04. The van der Waals surface area contributed by atoms with E-state index in [0.717, 1.165) is 39.1 Å². The normalized spacial score (nSPS) is 26.9. The Morgan fingerprint density at radius 1 is 1.44 bits per heavy atom. The van der Waals surface area contributed by atoms with E-state index in [-0.39, 0.29) is 6.03 Å². The van der Waals surface area contributed by atoms with Crippen LogP contribution in [0.2, 0.25) is 0 Å². The van der Waals surface area contributed by atoms with E-state index in [9.17, 15) is 4.79 Å². The Bertz CT molecular complexity index is 249. The molecule has 0 aromatic rings. The van der Waals surface area contributed by atoms with Gasteiger partial charge in [0.2, 0.25) is 0 Å². The number of urea groups is 1. The molecule has 0 aromatic carbocycles. The first kappa shape index (κ1) is 11.7. The van der Waals surface area contributed by atoms with Crippen molar-refractivity contribution in [3.63, 3.8) is 0 Å². The number of nitrogens with one attached hydrogen (secondary N) is 1. The van der Waals surface area contributed by atoms with Gasteiger partial charge in [-0.1, -0.05) is 13.8 Å². The SMILES string of the molecule is CC(C)CN1CCN(C2CCCNC2)C1=O. The fraction of sp³-hybridized carbons (Fsp3) is 0.917. The number of carbonyl (C=O) groups is 1. The van der Waals surface area contributed by atoms with E-state index in [4.69, 9.17) is 0 Å². The summed E-state index contributed by atoms with van der Waals surface area (Å²) in [6.45, 7) is 9.13. The van der Waals surface area contributed by atoms with Crippen molar-refractivity contribution in [3.05, 3.63) is 0 Å². The highest BCUT2D eigenvalue weighted by Crippen LogP contribution is 2.18. The maximum absolute atomic E-state index is 12.2. The predicted molar refractivity (Wildman–Crippen MR) is 64.4 cm³/mol. The molecule has 2 aliphatic heterocycles. The quantitative estimate of drug-likeness (QED) is 0.781. The molecule has 2 amide bonds. The largest absolute Gasteiger partial charge is 0.323 e. The van der Waals surface area contributed by atoms with Gasteiger partial charge in [-0.2, -0.15) is 0 Å². The lowest BCUT2D eigenvalue weighted by atomic mass is 10.1. The molecule has 0 aliphatic carbocycles. The van der Waals surface area contributed by atoms with E-state index >= 15 is 0 Å². The van der Waals surface area contributed by atoms with Gasteiger partial charge in [0.1, 0.15) is 0 Å². The maximum Gasteiger partial charge on any atom is 0.320 e.